The Kier molecular flexibility index (Phi) is 7.06. The van der Waals surface area contributed by atoms with Crippen molar-refractivity contribution in [2.24, 2.45) is 0 Å². The Morgan fingerprint density at radius 3 is 2.53 bits per heavy atom. The second kappa shape index (κ2) is 10.0. The summed E-state index contributed by atoms with van der Waals surface area (Å²) in [6.45, 7) is 1.99. The van der Waals surface area contributed by atoms with Crippen molar-refractivity contribution in [1.82, 2.24) is 9.97 Å². The second-order valence-corrected chi connectivity index (χ2v) is 8.82. The van der Waals surface area contributed by atoms with E-state index in [1.165, 1.54) is 11.0 Å². The van der Waals surface area contributed by atoms with E-state index in [9.17, 15) is 18.0 Å². The summed E-state index contributed by atoms with van der Waals surface area (Å²) in [5.74, 6) is 0.284. The molecule has 6 nitrogen and oxygen atoms in total. The van der Waals surface area contributed by atoms with Gasteiger partial charge in [-0.25, -0.2) is 14.8 Å². The van der Waals surface area contributed by atoms with E-state index in [-0.39, 0.29) is 18.6 Å². The molecule has 3 aromatic rings. The number of hydrogen-bond donors (Lipinski definition) is 1. The number of benzene rings is 2. The molecule has 2 atom stereocenters. The first-order valence-electron chi connectivity index (χ1n) is 10.7. The highest BCUT2D eigenvalue weighted by molar-refractivity contribution is 9.10. The van der Waals surface area contributed by atoms with Crippen molar-refractivity contribution in [3.8, 4) is 0 Å². The van der Waals surface area contributed by atoms with Crippen LogP contribution in [0.5, 0.6) is 0 Å². The van der Waals surface area contributed by atoms with E-state index in [0.29, 0.717) is 28.6 Å². The van der Waals surface area contributed by atoms with E-state index < -0.39 is 23.9 Å². The molecule has 1 amide bonds. The highest BCUT2D eigenvalue weighted by Gasteiger charge is 2.39. The maximum atomic E-state index is 13.5. The molecule has 1 aromatic heterocycles. The Bertz CT molecular complexity index is 1140. The van der Waals surface area contributed by atoms with Gasteiger partial charge in [0.15, 0.2) is 0 Å². The van der Waals surface area contributed by atoms with Crippen molar-refractivity contribution in [2.45, 2.75) is 44.6 Å². The maximum Gasteiger partial charge on any atom is 0.416 e. The van der Waals surface area contributed by atoms with Gasteiger partial charge in [-0.05, 0) is 58.1 Å². The van der Waals surface area contributed by atoms with Crippen LogP contribution in [0, 0.1) is 0 Å². The van der Waals surface area contributed by atoms with Gasteiger partial charge < -0.3 is 10.1 Å². The Morgan fingerprint density at radius 2 is 1.88 bits per heavy atom. The molecule has 34 heavy (non-hydrogen) atoms. The predicted molar refractivity (Wildman–Crippen MR) is 125 cm³/mol. The minimum absolute atomic E-state index is 0.0665. The van der Waals surface area contributed by atoms with Crippen molar-refractivity contribution < 1.29 is 22.7 Å². The van der Waals surface area contributed by atoms with Crippen molar-refractivity contribution in [3.05, 3.63) is 82.1 Å². The Balaban J connectivity index is 1.68. The van der Waals surface area contributed by atoms with Gasteiger partial charge in [-0.1, -0.05) is 37.3 Å². The summed E-state index contributed by atoms with van der Waals surface area (Å²) in [5, 5.41) is 3.14. The van der Waals surface area contributed by atoms with E-state index in [4.69, 9.17) is 4.74 Å². The van der Waals surface area contributed by atoms with Gasteiger partial charge in [0.25, 0.3) is 0 Å². The van der Waals surface area contributed by atoms with E-state index >= 15 is 0 Å². The molecule has 2 unspecified atom stereocenters. The van der Waals surface area contributed by atoms with Gasteiger partial charge >= 0.3 is 12.3 Å². The quantitative estimate of drug-likeness (QED) is 0.392. The molecule has 0 saturated carbocycles. The summed E-state index contributed by atoms with van der Waals surface area (Å²) < 4.78 is 46.7. The molecule has 0 radical (unpaired) electrons. The average Bonchev–Trinajstić information content (AvgIpc) is 2.83. The zero-order valence-corrected chi connectivity index (χ0v) is 19.8. The minimum atomic E-state index is -4.52. The SMILES string of the molecule is CCC1CC(Nc2ncc(Br)cn2)c2cc(C(F)(F)F)ccc2N1C(=O)OCc1ccccc1. The largest absolute Gasteiger partial charge is 0.444 e. The van der Waals surface area contributed by atoms with Crippen molar-refractivity contribution in [3.63, 3.8) is 0 Å². The molecule has 0 aliphatic carbocycles. The minimum Gasteiger partial charge on any atom is -0.444 e. The number of halogens is 4. The van der Waals surface area contributed by atoms with Gasteiger partial charge in [-0.2, -0.15) is 13.2 Å². The Labute approximate surface area is 203 Å². The van der Waals surface area contributed by atoms with Crippen LogP contribution < -0.4 is 10.2 Å². The summed E-state index contributed by atoms with van der Waals surface area (Å²) in [5.41, 5.74) is 0.740. The van der Waals surface area contributed by atoms with Crippen molar-refractivity contribution in [1.29, 1.82) is 0 Å². The fraction of sp³-hybridized carbons (Fsp3) is 0.292. The third kappa shape index (κ3) is 5.32. The number of hydrogen-bond acceptors (Lipinski definition) is 5. The number of rotatable bonds is 5. The standard InChI is InChI=1S/C24H22BrF3N4O2/c1-2-18-11-20(31-22-29-12-17(25)13-30-22)19-10-16(24(26,27)28)8-9-21(19)32(18)23(33)34-14-15-6-4-3-5-7-15/h3-10,12-13,18,20H,2,11,14H2,1H3,(H,29,30,31). The number of ether oxygens (including phenoxy) is 1. The molecule has 2 aromatic carbocycles. The van der Waals surface area contributed by atoms with E-state index in [1.807, 2.05) is 37.3 Å². The van der Waals surface area contributed by atoms with Crippen LogP contribution in [0.4, 0.5) is 29.6 Å². The van der Waals surface area contributed by atoms with Crippen LogP contribution in [-0.2, 0) is 17.5 Å². The molecule has 0 saturated heterocycles. The highest BCUT2D eigenvalue weighted by atomic mass is 79.9. The molecule has 0 fully saturated rings. The van der Waals surface area contributed by atoms with Gasteiger partial charge in [0.2, 0.25) is 5.95 Å². The lowest BCUT2D eigenvalue weighted by Crippen LogP contribution is -2.46. The number of alkyl halides is 3. The van der Waals surface area contributed by atoms with Crippen LogP contribution in [0.3, 0.4) is 0 Å². The van der Waals surface area contributed by atoms with Crippen molar-refractivity contribution in [2.75, 3.05) is 10.2 Å². The fourth-order valence-electron chi connectivity index (χ4n) is 4.00. The summed E-state index contributed by atoms with van der Waals surface area (Å²) in [4.78, 5) is 23.0. The molecule has 0 bridgehead atoms. The average molecular weight is 535 g/mol. The number of amides is 1. The zero-order valence-electron chi connectivity index (χ0n) is 18.2. The predicted octanol–water partition coefficient (Wildman–Crippen LogP) is 6.74. The fourth-order valence-corrected chi connectivity index (χ4v) is 4.20. The van der Waals surface area contributed by atoms with E-state index in [2.05, 4.69) is 31.2 Å². The number of nitrogens with one attached hydrogen (secondary N) is 1. The molecule has 1 aliphatic rings. The molecule has 178 valence electrons. The number of carbonyl (C=O) groups excluding carboxylic acids is 1. The van der Waals surface area contributed by atoms with E-state index in [0.717, 1.165) is 17.7 Å². The van der Waals surface area contributed by atoms with Crippen LogP contribution in [0.15, 0.2) is 65.4 Å². The topological polar surface area (TPSA) is 67.4 Å². The summed E-state index contributed by atoms with van der Waals surface area (Å²) in [6.07, 6.45) is -1.07. The summed E-state index contributed by atoms with van der Waals surface area (Å²) >= 11 is 3.27. The summed E-state index contributed by atoms with van der Waals surface area (Å²) in [6, 6.07) is 11.8. The second-order valence-electron chi connectivity index (χ2n) is 7.90. The van der Waals surface area contributed by atoms with Crippen LogP contribution >= 0.6 is 15.9 Å². The smallest absolute Gasteiger partial charge is 0.416 e. The molecule has 1 aliphatic heterocycles. The van der Waals surface area contributed by atoms with Gasteiger partial charge in [-0.3, -0.25) is 4.90 Å². The molecular formula is C24H22BrF3N4O2. The molecular weight excluding hydrogens is 513 g/mol. The third-order valence-corrected chi connectivity index (χ3v) is 6.07. The van der Waals surface area contributed by atoms with Gasteiger partial charge in [-0.15, -0.1) is 0 Å². The lowest BCUT2D eigenvalue weighted by atomic mass is 9.89. The molecule has 1 N–H and O–H groups in total. The van der Waals surface area contributed by atoms with Crippen LogP contribution in [0.2, 0.25) is 0 Å². The zero-order chi connectivity index (χ0) is 24.3. The van der Waals surface area contributed by atoms with Crippen LogP contribution in [0.1, 0.15) is 42.5 Å². The monoisotopic (exact) mass is 534 g/mol. The van der Waals surface area contributed by atoms with Crippen molar-refractivity contribution >= 4 is 33.7 Å². The first-order valence-corrected chi connectivity index (χ1v) is 11.5. The van der Waals surface area contributed by atoms with Crippen LogP contribution in [0.25, 0.3) is 0 Å². The Morgan fingerprint density at radius 1 is 1.18 bits per heavy atom. The van der Waals surface area contributed by atoms with Gasteiger partial charge in [0.1, 0.15) is 6.61 Å². The highest BCUT2D eigenvalue weighted by Crippen LogP contribution is 2.43. The lowest BCUT2D eigenvalue weighted by molar-refractivity contribution is -0.137. The third-order valence-electron chi connectivity index (χ3n) is 5.66. The van der Waals surface area contributed by atoms with E-state index in [1.54, 1.807) is 12.4 Å². The lowest BCUT2D eigenvalue weighted by Gasteiger charge is -2.40. The first-order chi connectivity index (χ1) is 16.3. The normalized spacial score (nSPS) is 17.7. The number of fused-ring (bicyclic) bond motifs is 1. The number of nitrogens with zero attached hydrogens (tertiary/aromatic N) is 3. The first kappa shape index (κ1) is 24.0. The number of anilines is 2. The number of carbonyl (C=O) groups is 1. The maximum absolute atomic E-state index is 13.5. The Hall–Kier alpha value is -3.14. The molecule has 2 heterocycles. The van der Waals surface area contributed by atoms with Gasteiger partial charge in [0, 0.05) is 18.4 Å². The molecule has 4 rings (SSSR count). The summed E-state index contributed by atoms with van der Waals surface area (Å²) in [7, 11) is 0. The van der Waals surface area contributed by atoms with Gasteiger partial charge in [0.05, 0.1) is 21.8 Å². The number of aromatic nitrogens is 2. The molecule has 10 heteroatoms. The molecule has 0 spiro atoms. The van der Waals surface area contributed by atoms with Crippen LogP contribution in [-0.4, -0.2) is 22.1 Å².